The number of anilines is 6. The van der Waals surface area contributed by atoms with Gasteiger partial charge in [0, 0.05) is 57.1 Å². The molecule has 7 heteroatoms. The molecule has 2 heterocycles. The van der Waals surface area contributed by atoms with Gasteiger partial charge in [-0.05, 0) is 50.8 Å². The summed E-state index contributed by atoms with van der Waals surface area (Å²) < 4.78 is 49.2. The summed E-state index contributed by atoms with van der Waals surface area (Å²) in [7, 11) is 0. The third-order valence-corrected chi connectivity index (χ3v) is 11.9. The highest BCUT2D eigenvalue weighted by atomic mass is 19.4. The van der Waals surface area contributed by atoms with E-state index >= 15 is 0 Å². The van der Waals surface area contributed by atoms with Gasteiger partial charge < -0.3 is 14.5 Å². The minimum absolute atomic E-state index is 0.310. The number of alkyl halides is 3. The normalized spacial score (nSPS) is 12.7. The van der Waals surface area contributed by atoms with Crippen LogP contribution < -0.4 is 30.9 Å². The molecule has 0 fully saturated rings. The van der Waals surface area contributed by atoms with Crippen molar-refractivity contribution in [3.63, 3.8) is 0 Å². The number of nitrogens with zero attached hydrogens (tertiary/aromatic N) is 2. The Labute approximate surface area is 358 Å². The van der Waals surface area contributed by atoms with Crippen LogP contribution in [0.5, 0.6) is 5.75 Å². The van der Waals surface area contributed by atoms with Crippen LogP contribution in [0.15, 0.2) is 218 Å². The molecule has 62 heavy (non-hydrogen) atoms. The third kappa shape index (κ3) is 6.33. The molecule has 0 N–H and O–H groups in total. The molecule has 3 nitrogen and oxygen atoms in total. The van der Waals surface area contributed by atoms with Gasteiger partial charge in [0.2, 0.25) is 0 Å². The molecular formula is C55H36BF3N2O. The van der Waals surface area contributed by atoms with Crippen molar-refractivity contribution < 1.29 is 17.9 Å². The van der Waals surface area contributed by atoms with E-state index in [2.05, 4.69) is 131 Å². The zero-order valence-corrected chi connectivity index (χ0v) is 33.3. The third-order valence-electron chi connectivity index (χ3n) is 11.9. The smallest absolute Gasteiger partial charge is 0.406 e. The Morgan fingerprint density at radius 2 is 0.677 bits per heavy atom. The van der Waals surface area contributed by atoms with Gasteiger partial charge in [0.1, 0.15) is 5.75 Å². The molecule has 0 amide bonds. The second-order valence-corrected chi connectivity index (χ2v) is 15.5. The fourth-order valence-electron chi connectivity index (χ4n) is 9.52. The second-order valence-electron chi connectivity index (χ2n) is 15.5. The van der Waals surface area contributed by atoms with Crippen LogP contribution in [0, 0.1) is 0 Å². The highest BCUT2D eigenvalue weighted by Crippen LogP contribution is 2.53. The maximum atomic E-state index is 14.7. The van der Waals surface area contributed by atoms with Gasteiger partial charge in [-0.25, -0.2) is 0 Å². The number of hydrogen-bond acceptors (Lipinski definition) is 3. The molecule has 0 aliphatic carbocycles. The first kappa shape index (κ1) is 37.3. The van der Waals surface area contributed by atoms with E-state index in [4.69, 9.17) is 4.74 Å². The van der Waals surface area contributed by atoms with Gasteiger partial charge in [0.15, 0.2) is 0 Å². The predicted molar refractivity (Wildman–Crippen MR) is 249 cm³/mol. The van der Waals surface area contributed by atoms with Crippen LogP contribution in [0.1, 0.15) is 0 Å². The molecule has 0 aromatic heterocycles. The van der Waals surface area contributed by atoms with Gasteiger partial charge in [-0.2, -0.15) is 0 Å². The van der Waals surface area contributed by atoms with Crippen molar-refractivity contribution in [3.05, 3.63) is 218 Å². The molecule has 0 radical (unpaired) electrons. The Kier molecular flexibility index (Phi) is 9.04. The van der Waals surface area contributed by atoms with Crippen LogP contribution >= 0.6 is 0 Å². The lowest BCUT2D eigenvalue weighted by molar-refractivity contribution is -0.274. The second kappa shape index (κ2) is 15.1. The van der Waals surface area contributed by atoms with Crippen molar-refractivity contribution in [2.45, 2.75) is 6.36 Å². The molecule has 11 rings (SSSR count). The van der Waals surface area contributed by atoms with Gasteiger partial charge in [-0.15, -0.1) is 13.2 Å². The zero-order valence-electron chi connectivity index (χ0n) is 33.3. The van der Waals surface area contributed by atoms with Crippen LogP contribution in [-0.4, -0.2) is 13.1 Å². The molecule has 9 aromatic rings. The number of benzene rings is 9. The van der Waals surface area contributed by atoms with Gasteiger partial charge >= 0.3 is 6.36 Å². The van der Waals surface area contributed by atoms with Crippen molar-refractivity contribution in [2.24, 2.45) is 0 Å². The summed E-state index contributed by atoms with van der Waals surface area (Å²) in [5, 5.41) is 0. The van der Waals surface area contributed by atoms with Gasteiger partial charge in [-0.1, -0.05) is 194 Å². The number of rotatable bonds is 7. The van der Waals surface area contributed by atoms with Crippen LogP contribution in [-0.2, 0) is 0 Å². The van der Waals surface area contributed by atoms with E-state index in [1.807, 2.05) is 84.9 Å². The lowest BCUT2D eigenvalue weighted by Crippen LogP contribution is -2.61. The Morgan fingerprint density at radius 3 is 1.02 bits per heavy atom. The molecular weight excluding hydrogens is 772 g/mol. The highest BCUT2D eigenvalue weighted by Gasteiger charge is 2.45. The first-order valence-electron chi connectivity index (χ1n) is 20.6. The van der Waals surface area contributed by atoms with Gasteiger partial charge in [0.25, 0.3) is 6.71 Å². The summed E-state index contributed by atoms with van der Waals surface area (Å²) in [6.45, 7) is -0.326. The summed E-state index contributed by atoms with van der Waals surface area (Å²) in [6.07, 6.45) is -4.95. The number of ether oxygens (including phenoxy) is 1. The van der Waals surface area contributed by atoms with E-state index < -0.39 is 6.36 Å². The average Bonchev–Trinajstić information content (AvgIpc) is 3.31. The molecule has 0 atom stereocenters. The van der Waals surface area contributed by atoms with Crippen molar-refractivity contribution in [2.75, 3.05) is 9.80 Å². The largest absolute Gasteiger partial charge is 0.573 e. The quantitative estimate of drug-likeness (QED) is 0.149. The first-order chi connectivity index (χ1) is 30.4. The lowest BCUT2D eigenvalue weighted by atomic mass is 9.33. The average molecular weight is 809 g/mol. The minimum atomic E-state index is -4.95. The molecule has 0 saturated carbocycles. The Morgan fingerprint density at radius 1 is 0.355 bits per heavy atom. The van der Waals surface area contributed by atoms with E-state index in [-0.39, 0.29) is 12.5 Å². The number of hydrogen-bond donors (Lipinski definition) is 0. The standard InChI is InChI=1S/C55H36BF3N2O/c57-55(58,59)62-41-35-50-52-51(36-41)61(54-44(39-23-9-3-10-24-39)29-18-30-45(54)40-25-11-4-12-26-40)49-34-16-14-32-47(49)56(52)46-31-13-15-33-48(46)60(50)53-42(37-19-5-1-6-20-37)27-17-28-43(53)38-21-7-2-8-22-38/h1-36H. The predicted octanol–water partition coefficient (Wildman–Crippen LogP) is 13.3. The number of para-hydroxylation sites is 4. The van der Waals surface area contributed by atoms with E-state index in [0.29, 0.717) is 11.4 Å². The summed E-state index contributed by atoms with van der Waals surface area (Å²) in [5.74, 6) is -0.310. The zero-order chi connectivity index (χ0) is 41.8. The summed E-state index contributed by atoms with van der Waals surface area (Å²) in [6, 6.07) is 72.9. The summed E-state index contributed by atoms with van der Waals surface area (Å²) >= 11 is 0. The molecule has 9 aromatic carbocycles. The van der Waals surface area contributed by atoms with Crippen molar-refractivity contribution in [1.29, 1.82) is 0 Å². The van der Waals surface area contributed by atoms with Crippen LogP contribution in [0.3, 0.4) is 0 Å². The molecule has 2 aliphatic heterocycles. The lowest BCUT2D eigenvalue weighted by Gasteiger charge is -2.45. The number of halogens is 3. The Balaban J connectivity index is 1.29. The molecule has 296 valence electrons. The van der Waals surface area contributed by atoms with Gasteiger partial charge in [-0.3, -0.25) is 0 Å². The van der Waals surface area contributed by atoms with Crippen LogP contribution in [0.25, 0.3) is 44.5 Å². The van der Waals surface area contributed by atoms with Crippen molar-refractivity contribution >= 4 is 57.2 Å². The monoisotopic (exact) mass is 808 g/mol. The van der Waals surface area contributed by atoms with Gasteiger partial charge in [0.05, 0.1) is 11.4 Å². The van der Waals surface area contributed by atoms with E-state index in [1.165, 1.54) is 0 Å². The summed E-state index contributed by atoms with van der Waals surface area (Å²) in [4.78, 5) is 4.35. The van der Waals surface area contributed by atoms with Crippen molar-refractivity contribution in [3.8, 4) is 50.3 Å². The molecule has 0 bridgehead atoms. The highest BCUT2D eigenvalue weighted by molar-refractivity contribution is 7.00. The maximum Gasteiger partial charge on any atom is 0.573 e. The summed E-state index contributed by atoms with van der Waals surface area (Å²) in [5.41, 5.74) is 15.3. The van der Waals surface area contributed by atoms with Crippen molar-refractivity contribution in [1.82, 2.24) is 0 Å². The SMILES string of the molecule is FC(F)(F)Oc1cc2c3c(c1)N(c1c(-c4ccccc4)cccc1-c1ccccc1)c1ccccc1B3c1ccccc1N2c1c(-c2ccccc2)cccc1-c1ccccc1. The molecule has 0 spiro atoms. The molecule has 0 unspecified atom stereocenters. The van der Waals surface area contributed by atoms with E-state index in [1.54, 1.807) is 12.1 Å². The minimum Gasteiger partial charge on any atom is -0.406 e. The maximum absolute atomic E-state index is 14.7. The molecule has 0 saturated heterocycles. The van der Waals surface area contributed by atoms with E-state index in [9.17, 15) is 13.2 Å². The fourth-order valence-corrected chi connectivity index (χ4v) is 9.52. The topological polar surface area (TPSA) is 15.7 Å². The molecule has 2 aliphatic rings. The van der Waals surface area contributed by atoms with E-state index in [0.717, 1.165) is 83.6 Å². The first-order valence-corrected chi connectivity index (χ1v) is 20.6. The van der Waals surface area contributed by atoms with Crippen LogP contribution in [0.4, 0.5) is 47.3 Å². The Hall–Kier alpha value is -7.77. The van der Waals surface area contributed by atoms with Crippen LogP contribution in [0.2, 0.25) is 0 Å². The fraction of sp³-hybridized carbons (Fsp3) is 0.0182. The number of fused-ring (bicyclic) bond motifs is 4. The Bertz CT molecular complexity index is 2790.